The van der Waals surface area contributed by atoms with Crippen molar-refractivity contribution in [2.24, 2.45) is 0 Å². The molecule has 1 saturated carbocycles. The van der Waals surface area contributed by atoms with Crippen molar-refractivity contribution in [3.63, 3.8) is 0 Å². The van der Waals surface area contributed by atoms with Crippen LogP contribution in [0.4, 0.5) is 0 Å². The van der Waals surface area contributed by atoms with Gasteiger partial charge in [-0.1, -0.05) is 17.7 Å². The summed E-state index contributed by atoms with van der Waals surface area (Å²) in [6.07, 6.45) is 3.89. The number of amides is 1. The topological polar surface area (TPSA) is 84.2 Å². The number of hydrogen-bond acceptors (Lipinski definition) is 3. The maximum absolute atomic E-state index is 12.3. The number of aromatic nitrogens is 2. The summed E-state index contributed by atoms with van der Waals surface area (Å²) in [7, 11) is 0. The summed E-state index contributed by atoms with van der Waals surface area (Å²) in [6, 6.07) is 8.74. The van der Waals surface area contributed by atoms with E-state index in [0.29, 0.717) is 17.9 Å². The van der Waals surface area contributed by atoms with E-state index in [1.807, 2.05) is 6.07 Å². The Morgan fingerprint density at radius 2 is 2.13 bits per heavy atom. The standard InChI is InChI=1S/C16H16ClN3O3/c17-11-3-1-4-12(9-11)20-8-5-13(19-20)15(23)18-16(6-2-7-16)10-14(21)22/h1,3-5,8-9H,2,6-7,10H2,(H,18,23)(H,21,22). The second-order valence-corrected chi connectivity index (χ2v) is 6.22. The van der Waals surface area contributed by atoms with Crippen LogP contribution in [0.15, 0.2) is 36.5 Å². The van der Waals surface area contributed by atoms with Crippen LogP contribution in [0.2, 0.25) is 5.02 Å². The molecule has 120 valence electrons. The number of hydrogen-bond donors (Lipinski definition) is 2. The number of nitrogens with zero attached hydrogens (tertiary/aromatic N) is 2. The summed E-state index contributed by atoms with van der Waals surface area (Å²) in [5.74, 6) is -1.26. The van der Waals surface area contributed by atoms with Gasteiger partial charge in [-0.25, -0.2) is 4.68 Å². The number of carboxylic acids is 1. The van der Waals surface area contributed by atoms with Gasteiger partial charge in [0.15, 0.2) is 5.69 Å². The average Bonchev–Trinajstić information content (AvgIpc) is 2.94. The molecule has 0 saturated heterocycles. The highest BCUT2D eigenvalue weighted by atomic mass is 35.5. The van der Waals surface area contributed by atoms with Crippen LogP contribution in [0.25, 0.3) is 5.69 Å². The van der Waals surface area contributed by atoms with Crippen LogP contribution in [0.1, 0.15) is 36.2 Å². The number of aliphatic carboxylic acids is 1. The first kappa shape index (κ1) is 15.6. The Bertz CT molecular complexity index is 753. The molecule has 6 nitrogen and oxygen atoms in total. The molecule has 2 N–H and O–H groups in total. The predicted molar refractivity (Wildman–Crippen MR) is 84.9 cm³/mol. The Labute approximate surface area is 138 Å². The highest BCUT2D eigenvalue weighted by Crippen LogP contribution is 2.35. The van der Waals surface area contributed by atoms with Crippen molar-refractivity contribution in [2.45, 2.75) is 31.2 Å². The summed E-state index contributed by atoms with van der Waals surface area (Å²) in [5, 5.41) is 16.6. The van der Waals surface area contributed by atoms with Crippen LogP contribution < -0.4 is 5.32 Å². The van der Waals surface area contributed by atoms with Crippen molar-refractivity contribution in [1.82, 2.24) is 15.1 Å². The first-order valence-corrected chi connectivity index (χ1v) is 7.71. The van der Waals surface area contributed by atoms with E-state index in [2.05, 4.69) is 10.4 Å². The van der Waals surface area contributed by atoms with Crippen molar-refractivity contribution < 1.29 is 14.7 Å². The van der Waals surface area contributed by atoms with Gasteiger partial charge in [-0.15, -0.1) is 0 Å². The molecule has 7 heteroatoms. The Morgan fingerprint density at radius 3 is 2.74 bits per heavy atom. The van der Waals surface area contributed by atoms with E-state index in [1.165, 1.54) is 0 Å². The summed E-state index contributed by atoms with van der Waals surface area (Å²) >= 11 is 5.95. The molecule has 0 atom stereocenters. The number of benzene rings is 1. The van der Waals surface area contributed by atoms with E-state index < -0.39 is 11.5 Å². The fraction of sp³-hybridized carbons (Fsp3) is 0.312. The van der Waals surface area contributed by atoms with Gasteiger partial charge in [0.05, 0.1) is 17.6 Å². The van der Waals surface area contributed by atoms with E-state index in [9.17, 15) is 9.59 Å². The Balaban J connectivity index is 1.75. The molecule has 3 rings (SSSR count). The van der Waals surface area contributed by atoms with Gasteiger partial charge in [0.1, 0.15) is 0 Å². The van der Waals surface area contributed by atoms with Gasteiger partial charge in [0.2, 0.25) is 0 Å². The normalized spacial score (nSPS) is 15.7. The quantitative estimate of drug-likeness (QED) is 0.881. The third-order valence-electron chi connectivity index (χ3n) is 4.07. The van der Waals surface area contributed by atoms with E-state index in [4.69, 9.17) is 16.7 Å². The van der Waals surface area contributed by atoms with E-state index in [1.54, 1.807) is 35.1 Å². The van der Waals surface area contributed by atoms with Crippen LogP contribution in [0.3, 0.4) is 0 Å². The number of carbonyl (C=O) groups is 2. The molecule has 1 aliphatic rings. The lowest BCUT2D eigenvalue weighted by Gasteiger charge is -2.41. The maximum atomic E-state index is 12.3. The van der Waals surface area contributed by atoms with Crippen molar-refractivity contribution in [1.29, 1.82) is 0 Å². The highest BCUT2D eigenvalue weighted by molar-refractivity contribution is 6.30. The number of rotatable bonds is 5. The lowest BCUT2D eigenvalue weighted by Crippen LogP contribution is -2.54. The lowest BCUT2D eigenvalue weighted by molar-refractivity contribution is -0.139. The zero-order valence-corrected chi connectivity index (χ0v) is 13.1. The van der Waals surface area contributed by atoms with Crippen molar-refractivity contribution in [3.05, 3.63) is 47.2 Å². The minimum absolute atomic E-state index is 0.0618. The molecule has 1 aliphatic carbocycles. The average molecular weight is 334 g/mol. The summed E-state index contributed by atoms with van der Waals surface area (Å²) in [5.41, 5.74) is 0.366. The molecule has 23 heavy (non-hydrogen) atoms. The van der Waals surface area contributed by atoms with Gasteiger partial charge >= 0.3 is 5.97 Å². The fourth-order valence-corrected chi connectivity index (χ4v) is 2.94. The smallest absolute Gasteiger partial charge is 0.305 e. The molecule has 0 spiro atoms. The first-order chi connectivity index (χ1) is 11.0. The number of carbonyl (C=O) groups excluding carboxylic acids is 1. The Morgan fingerprint density at radius 1 is 1.35 bits per heavy atom. The molecule has 0 aliphatic heterocycles. The SMILES string of the molecule is O=C(O)CC1(NC(=O)c2ccn(-c3cccc(Cl)c3)n2)CCC1. The monoisotopic (exact) mass is 333 g/mol. The second kappa shape index (κ2) is 6.04. The molecule has 1 aromatic heterocycles. The molecule has 1 aromatic carbocycles. The van der Waals surface area contributed by atoms with Crippen LogP contribution in [0, 0.1) is 0 Å². The molecule has 0 radical (unpaired) electrons. The van der Waals surface area contributed by atoms with Gasteiger partial charge in [0, 0.05) is 11.2 Å². The number of carboxylic acid groups (broad SMARTS) is 1. The molecule has 1 fully saturated rings. The van der Waals surface area contributed by atoms with E-state index >= 15 is 0 Å². The van der Waals surface area contributed by atoms with Gasteiger partial charge in [-0.05, 0) is 43.5 Å². The maximum Gasteiger partial charge on any atom is 0.305 e. The summed E-state index contributed by atoms with van der Waals surface area (Å²) < 4.78 is 1.56. The lowest BCUT2D eigenvalue weighted by atomic mass is 9.74. The summed E-state index contributed by atoms with van der Waals surface area (Å²) in [6.45, 7) is 0. The molecule has 1 amide bonds. The van der Waals surface area contributed by atoms with E-state index in [0.717, 1.165) is 12.1 Å². The van der Waals surface area contributed by atoms with Crippen molar-refractivity contribution in [2.75, 3.05) is 0 Å². The largest absolute Gasteiger partial charge is 0.481 e. The van der Waals surface area contributed by atoms with Crippen LogP contribution in [-0.2, 0) is 4.79 Å². The third kappa shape index (κ3) is 3.37. The zero-order valence-electron chi connectivity index (χ0n) is 12.3. The van der Waals surface area contributed by atoms with Crippen LogP contribution in [-0.4, -0.2) is 32.3 Å². The molecule has 0 unspecified atom stereocenters. The molecule has 0 bridgehead atoms. The zero-order chi connectivity index (χ0) is 16.4. The summed E-state index contributed by atoms with van der Waals surface area (Å²) in [4.78, 5) is 23.3. The molecule has 2 aromatic rings. The highest BCUT2D eigenvalue weighted by Gasteiger charge is 2.40. The molecular formula is C16H16ClN3O3. The van der Waals surface area contributed by atoms with Gasteiger partial charge in [0.25, 0.3) is 5.91 Å². The molecule has 1 heterocycles. The van der Waals surface area contributed by atoms with E-state index in [-0.39, 0.29) is 18.0 Å². The minimum atomic E-state index is -0.908. The van der Waals surface area contributed by atoms with Gasteiger partial charge in [-0.2, -0.15) is 5.10 Å². The fourth-order valence-electron chi connectivity index (χ4n) is 2.75. The predicted octanol–water partition coefficient (Wildman–Crippen LogP) is 2.65. The number of nitrogens with one attached hydrogen (secondary N) is 1. The van der Waals surface area contributed by atoms with Crippen LogP contribution >= 0.6 is 11.6 Å². The number of halogens is 1. The van der Waals surface area contributed by atoms with Crippen LogP contribution in [0.5, 0.6) is 0 Å². The first-order valence-electron chi connectivity index (χ1n) is 7.33. The van der Waals surface area contributed by atoms with Gasteiger partial charge in [-0.3, -0.25) is 9.59 Å². The Kier molecular flexibility index (Phi) is 4.09. The Hall–Kier alpha value is -2.34. The second-order valence-electron chi connectivity index (χ2n) is 5.78. The third-order valence-corrected chi connectivity index (χ3v) is 4.31. The minimum Gasteiger partial charge on any atom is -0.481 e. The molecular weight excluding hydrogens is 318 g/mol. The van der Waals surface area contributed by atoms with Crippen molar-refractivity contribution in [3.8, 4) is 5.69 Å². The van der Waals surface area contributed by atoms with Gasteiger partial charge < -0.3 is 10.4 Å². The van der Waals surface area contributed by atoms with Crippen molar-refractivity contribution >= 4 is 23.5 Å².